The van der Waals surface area contributed by atoms with Gasteiger partial charge in [-0.25, -0.2) is 9.37 Å². The van der Waals surface area contributed by atoms with E-state index in [1.54, 1.807) is 12.1 Å². The van der Waals surface area contributed by atoms with Gasteiger partial charge in [-0.05, 0) is 57.8 Å². The largest absolute Gasteiger partial charge is 0.481 e. The number of likely N-dealkylation sites (N-methyl/N-ethyl adjacent to an activating group) is 1. The number of aliphatic carboxylic acids is 1. The minimum absolute atomic E-state index is 0.0881. The summed E-state index contributed by atoms with van der Waals surface area (Å²) in [6, 6.07) is 7.49. The van der Waals surface area contributed by atoms with Crippen LogP contribution >= 0.6 is 22.9 Å². The van der Waals surface area contributed by atoms with Crippen molar-refractivity contribution in [2.75, 3.05) is 43.9 Å². The number of thiazole rings is 1. The number of anilines is 2. The van der Waals surface area contributed by atoms with E-state index in [-0.39, 0.29) is 28.2 Å². The zero-order valence-electron chi connectivity index (χ0n) is 22.1. The molecule has 2 atom stereocenters. The van der Waals surface area contributed by atoms with E-state index in [9.17, 15) is 9.90 Å². The molecule has 3 N–H and O–H groups in total. The van der Waals surface area contributed by atoms with Gasteiger partial charge in [0.25, 0.3) is 0 Å². The smallest absolute Gasteiger partial charge is 0.319 e. The van der Waals surface area contributed by atoms with E-state index in [1.165, 1.54) is 11.3 Å². The molecule has 0 saturated carbocycles. The number of fused-ring (bicyclic) bond motifs is 2. The first kappa shape index (κ1) is 26.9. The summed E-state index contributed by atoms with van der Waals surface area (Å²) < 4.78 is 23.5. The summed E-state index contributed by atoms with van der Waals surface area (Å²) in [5.74, 6) is -1.32. The third kappa shape index (κ3) is 5.02. The van der Waals surface area contributed by atoms with Crippen LogP contribution in [0.2, 0.25) is 5.02 Å². The molecule has 6 rings (SSSR count). The molecule has 0 spiro atoms. The van der Waals surface area contributed by atoms with Crippen LogP contribution in [0.5, 0.6) is 6.01 Å². The van der Waals surface area contributed by atoms with Gasteiger partial charge in [-0.2, -0.15) is 9.97 Å². The van der Waals surface area contributed by atoms with Gasteiger partial charge >= 0.3 is 12.0 Å². The Morgan fingerprint density at radius 2 is 2.00 bits per heavy atom. The van der Waals surface area contributed by atoms with E-state index in [0.29, 0.717) is 66.4 Å². The molecule has 2 aromatic heterocycles. The minimum atomic E-state index is -0.797. The summed E-state index contributed by atoms with van der Waals surface area (Å²) in [6.45, 7) is 2.44. The standard InChI is InChI=1S/C28H30ClFN6O3S/c1-35-10-4-6-16(35)14-39-28-33-24-18(25(34-28)36-11-3-5-15(9-12-36)26(37)38)13-19(29)21(22(24)30)17-7-2-8-20-23(17)32-27(31)40-20/h2,7-8,13,15-16H,3-6,9-12,14H2,1H3,(H2,31,32)(H,37,38)/t15?,16-/m0/s1. The molecule has 40 heavy (non-hydrogen) atoms. The highest BCUT2D eigenvalue weighted by molar-refractivity contribution is 7.22. The molecule has 210 valence electrons. The second-order valence-electron chi connectivity index (χ2n) is 10.5. The predicted molar refractivity (Wildman–Crippen MR) is 156 cm³/mol. The number of nitrogens with two attached hydrogens (primary N) is 1. The monoisotopic (exact) mass is 584 g/mol. The highest BCUT2D eigenvalue weighted by atomic mass is 35.5. The topological polar surface area (TPSA) is 118 Å². The lowest BCUT2D eigenvalue weighted by Crippen LogP contribution is -2.31. The molecule has 0 bridgehead atoms. The number of rotatable bonds is 6. The van der Waals surface area contributed by atoms with Crippen molar-refractivity contribution < 1.29 is 19.0 Å². The van der Waals surface area contributed by atoms with Crippen LogP contribution in [0.3, 0.4) is 0 Å². The average Bonchev–Trinajstić information content (AvgIpc) is 3.42. The average molecular weight is 585 g/mol. The van der Waals surface area contributed by atoms with Gasteiger partial charge in [0.2, 0.25) is 0 Å². The lowest BCUT2D eigenvalue weighted by atomic mass is 10.0. The number of carboxylic acids is 1. The van der Waals surface area contributed by atoms with Gasteiger partial charge in [0.15, 0.2) is 10.9 Å². The van der Waals surface area contributed by atoms with Gasteiger partial charge in [0.05, 0.1) is 21.2 Å². The lowest BCUT2D eigenvalue weighted by Gasteiger charge is -2.25. The molecule has 0 aliphatic carbocycles. The predicted octanol–water partition coefficient (Wildman–Crippen LogP) is 5.45. The Labute approximate surface area is 239 Å². The van der Waals surface area contributed by atoms with E-state index in [2.05, 4.69) is 21.9 Å². The zero-order valence-corrected chi connectivity index (χ0v) is 23.6. The summed E-state index contributed by atoms with van der Waals surface area (Å²) in [5.41, 5.74) is 7.36. The van der Waals surface area contributed by atoms with E-state index < -0.39 is 17.7 Å². The summed E-state index contributed by atoms with van der Waals surface area (Å²) >= 11 is 8.10. The van der Waals surface area contributed by atoms with Crippen molar-refractivity contribution in [3.63, 3.8) is 0 Å². The van der Waals surface area contributed by atoms with Crippen LogP contribution in [0.15, 0.2) is 24.3 Å². The second-order valence-corrected chi connectivity index (χ2v) is 12.0. The molecule has 2 aliphatic heterocycles. The third-order valence-corrected chi connectivity index (χ3v) is 9.15. The number of nitrogens with zero attached hydrogens (tertiary/aromatic N) is 5. The van der Waals surface area contributed by atoms with E-state index in [0.717, 1.165) is 24.1 Å². The number of likely N-dealkylation sites (tertiary alicyclic amines) is 1. The fraction of sp³-hybridized carbons (Fsp3) is 0.429. The Balaban J connectivity index is 1.48. The summed E-state index contributed by atoms with van der Waals surface area (Å²) in [4.78, 5) is 29.6. The van der Waals surface area contributed by atoms with E-state index in [4.69, 9.17) is 27.1 Å². The molecule has 2 saturated heterocycles. The lowest BCUT2D eigenvalue weighted by molar-refractivity contribution is -0.142. The first-order valence-corrected chi connectivity index (χ1v) is 14.7. The molecule has 4 heterocycles. The summed E-state index contributed by atoms with van der Waals surface area (Å²) in [7, 11) is 2.06. The molecule has 2 fully saturated rings. The molecule has 0 amide bonds. The Morgan fingerprint density at radius 3 is 2.77 bits per heavy atom. The molecule has 1 unspecified atom stereocenters. The van der Waals surface area contributed by atoms with Crippen molar-refractivity contribution in [2.45, 2.75) is 38.1 Å². The molecule has 12 heteroatoms. The molecule has 4 aromatic rings. The van der Waals surface area contributed by atoms with Gasteiger partial charge in [0.1, 0.15) is 17.9 Å². The number of carbonyl (C=O) groups is 1. The molecule has 9 nitrogen and oxygen atoms in total. The Morgan fingerprint density at radius 1 is 1.18 bits per heavy atom. The summed E-state index contributed by atoms with van der Waals surface area (Å²) in [6.07, 6.45) is 3.81. The number of carboxylic acid groups (broad SMARTS) is 1. The number of para-hydroxylation sites is 1. The molecular weight excluding hydrogens is 555 g/mol. The van der Waals surface area contributed by atoms with Crippen molar-refractivity contribution in [2.24, 2.45) is 5.92 Å². The second kappa shape index (κ2) is 10.9. The number of hydrogen-bond acceptors (Lipinski definition) is 9. The van der Waals surface area contributed by atoms with Crippen LogP contribution in [0.4, 0.5) is 15.3 Å². The maximum absolute atomic E-state index is 16.5. The van der Waals surface area contributed by atoms with Crippen LogP contribution in [-0.4, -0.2) is 70.3 Å². The van der Waals surface area contributed by atoms with Crippen LogP contribution in [0.25, 0.3) is 32.2 Å². The normalized spacial score (nSPS) is 20.3. The Bertz CT molecular complexity index is 1600. The summed E-state index contributed by atoms with van der Waals surface area (Å²) in [5, 5.41) is 10.6. The van der Waals surface area contributed by atoms with Crippen LogP contribution in [0, 0.1) is 11.7 Å². The molecular formula is C28H30ClFN6O3S. The molecule has 2 aromatic carbocycles. The van der Waals surface area contributed by atoms with Crippen LogP contribution in [0.1, 0.15) is 32.1 Å². The van der Waals surface area contributed by atoms with Crippen molar-refractivity contribution >= 4 is 61.0 Å². The minimum Gasteiger partial charge on any atom is -0.481 e. The molecule has 2 aliphatic rings. The highest BCUT2D eigenvalue weighted by Crippen LogP contribution is 2.42. The maximum Gasteiger partial charge on any atom is 0.319 e. The first-order valence-electron chi connectivity index (χ1n) is 13.5. The van der Waals surface area contributed by atoms with Crippen LogP contribution < -0.4 is 15.4 Å². The highest BCUT2D eigenvalue weighted by Gasteiger charge is 2.28. The van der Waals surface area contributed by atoms with Crippen molar-refractivity contribution in [1.29, 1.82) is 0 Å². The number of hydrogen-bond donors (Lipinski definition) is 2. The van der Waals surface area contributed by atoms with E-state index in [1.807, 2.05) is 17.0 Å². The van der Waals surface area contributed by atoms with Crippen LogP contribution in [-0.2, 0) is 4.79 Å². The number of ether oxygens (including phenoxy) is 1. The van der Waals surface area contributed by atoms with Crippen molar-refractivity contribution in [1.82, 2.24) is 19.9 Å². The Hall–Kier alpha value is -3.28. The Kier molecular flexibility index (Phi) is 7.37. The van der Waals surface area contributed by atoms with Crippen molar-refractivity contribution in [3.8, 4) is 17.1 Å². The fourth-order valence-electron chi connectivity index (χ4n) is 5.80. The number of halogens is 2. The molecule has 0 radical (unpaired) electrons. The third-order valence-electron chi connectivity index (χ3n) is 8.00. The first-order chi connectivity index (χ1) is 19.3. The van der Waals surface area contributed by atoms with Gasteiger partial charge in [0, 0.05) is 35.6 Å². The SMILES string of the molecule is CN1CCC[C@H]1COc1nc(N2CCCC(C(=O)O)CC2)c2cc(Cl)c(-c3cccc4sc(N)nc34)c(F)c2n1. The van der Waals surface area contributed by atoms with Gasteiger partial charge in [-0.15, -0.1) is 0 Å². The number of benzene rings is 2. The van der Waals surface area contributed by atoms with E-state index >= 15 is 4.39 Å². The zero-order chi connectivity index (χ0) is 28.0. The van der Waals surface area contributed by atoms with Gasteiger partial charge < -0.3 is 25.4 Å². The van der Waals surface area contributed by atoms with Gasteiger partial charge in [-0.3, -0.25) is 4.79 Å². The quantitative estimate of drug-likeness (QED) is 0.305. The number of nitrogen functional groups attached to an aromatic ring is 1. The maximum atomic E-state index is 16.5. The van der Waals surface area contributed by atoms with Gasteiger partial charge in [-0.1, -0.05) is 35.1 Å². The van der Waals surface area contributed by atoms with Crippen molar-refractivity contribution in [3.05, 3.63) is 35.1 Å². The number of aromatic nitrogens is 3. The fourth-order valence-corrected chi connectivity index (χ4v) is 6.85.